The van der Waals surface area contributed by atoms with Crippen LogP contribution in [0.2, 0.25) is 0 Å². The Hall–Kier alpha value is -4.48. The molecule has 5 heteroatoms. The summed E-state index contributed by atoms with van der Waals surface area (Å²) in [5.41, 5.74) is 11.7. The first-order chi connectivity index (χ1) is 25.1. The van der Waals surface area contributed by atoms with Gasteiger partial charge in [-0.3, -0.25) is 0 Å². The second-order valence-electron chi connectivity index (χ2n) is 19.5. The van der Waals surface area contributed by atoms with Gasteiger partial charge in [-0.15, -0.1) is 11.3 Å². The molecule has 264 valence electrons. The number of thiophene rings is 1. The number of fused-ring (bicyclic) bond motifs is 16. The monoisotopic (exact) mass is 711 g/mol. The van der Waals surface area contributed by atoms with Gasteiger partial charge in [-0.2, -0.15) is 0 Å². The van der Waals surface area contributed by atoms with Gasteiger partial charge in [0.15, 0.2) is 0 Å². The van der Waals surface area contributed by atoms with Gasteiger partial charge in [0.05, 0.1) is 27.3 Å². The van der Waals surface area contributed by atoms with Crippen molar-refractivity contribution >= 4 is 81.9 Å². The number of ether oxygens (including phenoxy) is 2. The third kappa shape index (κ3) is 3.97. The van der Waals surface area contributed by atoms with Crippen LogP contribution >= 0.6 is 11.3 Å². The van der Waals surface area contributed by atoms with Crippen LogP contribution in [0.5, 0.6) is 23.0 Å². The second kappa shape index (κ2) is 9.79. The molecule has 1 aliphatic carbocycles. The Morgan fingerprint density at radius 3 is 1.83 bits per heavy atom. The predicted molar refractivity (Wildman–Crippen MR) is 227 cm³/mol. The first-order valence-electron chi connectivity index (χ1n) is 19.4. The molecule has 3 nitrogen and oxygen atoms in total. The number of hydrogen-bond donors (Lipinski definition) is 0. The molecule has 0 fully saturated rings. The van der Waals surface area contributed by atoms with Crippen molar-refractivity contribution in [2.45, 2.75) is 104 Å². The fraction of sp³-hybridized carbons (Fsp3) is 0.333. The number of nitrogens with zero attached hydrogens (tertiary/aromatic N) is 1. The van der Waals surface area contributed by atoms with Gasteiger partial charge in [-0.05, 0) is 80.9 Å². The highest BCUT2D eigenvalue weighted by atomic mass is 32.1. The van der Waals surface area contributed by atoms with Gasteiger partial charge in [0.25, 0.3) is 6.71 Å². The molecule has 0 radical (unpaired) electrons. The molecule has 0 saturated carbocycles. The summed E-state index contributed by atoms with van der Waals surface area (Å²) in [7, 11) is 0. The highest BCUT2D eigenvalue weighted by molar-refractivity contribution is 7.33. The number of hydrogen-bond acceptors (Lipinski definition) is 3. The van der Waals surface area contributed by atoms with Crippen LogP contribution in [0.3, 0.4) is 0 Å². The summed E-state index contributed by atoms with van der Waals surface area (Å²) in [6, 6.07) is 27.4. The lowest BCUT2D eigenvalue weighted by molar-refractivity contribution is 0.314. The summed E-state index contributed by atoms with van der Waals surface area (Å²) in [5, 5.41) is 6.06. The van der Waals surface area contributed by atoms with Crippen LogP contribution in [-0.4, -0.2) is 11.1 Å². The summed E-state index contributed by atoms with van der Waals surface area (Å²) >= 11 is 1.91. The molecular weight excluding hydrogens is 665 g/mol. The topological polar surface area (TPSA) is 22.9 Å². The minimum atomic E-state index is -0.0520. The molecule has 53 heavy (non-hydrogen) atoms. The van der Waals surface area contributed by atoms with E-state index < -0.39 is 0 Å². The highest BCUT2D eigenvalue weighted by Crippen LogP contribution is 2.57. The van der Waals surface area contributed by atoms with Crippen LogP contribution < -0.4 is 25.2 Å². The molecule has 3 aliphatic rings. The van der Waals surface area contributed by atoms with Crippen LogP contribution in [0.4, 0.5) is 0 Å². The Labute approximate surface area is 316 Å². The Morgan fingerprint density at radius 2 is 1.23 bits per heavy atom. The highest BCUT2D eigenvalue weighted by Gasteiger charge is 2.50. The van der Waals surface area contributed by atoms with E-state index in [-0.39, 0.29) is 28.4 Å². The summed E-state index contributed by atoms with van der Waals surface area (Å²) in [6.45, 7) is 23.9. The van der Waals surface area contributed by atoms with E-state index in [0.29, 0.717) is 0 Å². The third-order valence-electron chi connectivity index (χ3n) is 13.1. The normalized spacial score (nSPS) is 17.3. The summed E-state index contributed by atoms with van der Waals surface area (Å²) in [4.78, 5) is 0. The van der Waals surface area contributed by atoms with Crippen molar-refractivity contribution < 1.29 is 9.47 Å². The minimum absolute atomic E-state index is 0.0210. The zero-order valence-corrected chi connectivity index (χ0v) is 33.4. The number of para-hydroxylation sites is 2. The Morgan fingerprint density at radius 1 is 0.642 bits per heavy atom. The maximum Gasteiger partial charge on any atom is 0.273 e. The summed E-state index contributed by atoms with van der Waals surface area (Å²) in [5.74, 6) is 4.03. The van der Waals surface area contributed by atoms with Crippen LogP contribution in [0, 0.1) is 0 Å². The van der Waals surface area contributed by atoms with Gasteiger partial charge in [0, 0.05) is 36.7 Å². The smallest absolute Gasteiger partial charge is 0.273 e. The zero-order valence-electron chi connectivity index (χ0n) is 32.6. The molecule has 0 atom stereocenters. The van der Waals surface area contributed by atoms with Crippen LogP contribution in [0.1, 0.15) is 104 Å². The van der Waals surface area contributed by atoms with E-state index in [2.05, 4.69) is 146 Å². The van der Waals surface area contributed by atoms with Crippen molar-refractivity contribution in [3.05, 3.63) is 95.1 Å². The molecule has 0 N–H and O–H groups in total. The molecule has 0 unspecified atom stereocenters. The van der Waals surface area contributed by atoms with E-state index in [1.807, 2.05) is 11.3 Å². The maximum atomic E-state index is 7.70. The molecule has 3 aromatic heterocycles. The van der Waals surface area contributed by atoms with Crippen molar-refractivity contribution in [3.63, 3.8) is 0 Å². The molecule has 2 aliphatic heterocycles. The largest absolute Gasteiger partial charge is 0.457 e. The maximum absolute atomic E-state index is 7.70. The number of rotatable bonds is 0. The van der Waals surface area contributed by atoms with Crippen molar-refractivity contribution in [2.24, 2.45) is 0 Å². The van der Waals surface area contributed by atoms with E-state index in [0.717, 1.165) is 35.8 Å². The third-order valence-corrected chi connectivity index (χ3v) is 14.3. The van der Waals surface area contributed by atoms with E-state index in [1.54, 1.807) is 0 Å². The minimum Gasteiger partial charge on any atom is -0.457 e. The van der Waals surface area contributed by atoms with Crippen LogP contribution in [-0.2, 0) is 21.7 Å². The Kier molecular flexibility index (Phi) is 5.91. The van der Waals surface area contributed by atoms with Gasteiger partial charge in [-0.25, -0.2) is 0 Å². The average molecular weight is 712 g/mol. The van der Waals surface area contributed by atoms with Gasteiger partial charge in [0.1, 0.15) is 23.0 Å². The number of aromatic nitrogens is 1. The van der Waals surface area contributed by atoms with Crippen molar-refractivity contribution in [1.82, 2.24) is 4.40 Å². The molecule has 0 amide bonds. The van der Waals surface area contributed by atoms with Gasteiger partial charge in [0.2, 0.25) is 0 Å². The Bertz CT molecular complexity index is 2930. The molecular formula is C48H46BNO2S. The molecule has 11 rings (SSSR count). The van der Waals surface area contributed by atoms with Crippen LogP contribution in [0.15, 0.2) is 72.8 Å². The first-order valence-corrected chi connectivity index (χ1v) is 20.3. The van der Waals surface area contributed by atoms with E-state index in [1.165, 1.54) is 86.1 Å². The Balaban J connectivity index is 1.37. The van der Waals surface area contributed by atoms with E-state index in [4.69, 9.17) is 9.47 Å². The second-order valence-corrected chi connectivity index (χ2v) is 20.6. The van der Waals surface area contributed by atoms with Gasteiger partial charge < -0.3 is 13.9 Å². The fourth-order valence-electron chi connectivity index (χ4n) is 10.4. The predicted octanol–water partition coefficient (Wildman–Crippen LogP) is 11.7. The molecule has 5 aromatic carbocycles. The lowest BCUT2D eigenvalue weighted by Crippen LogP contribution is -2.57. The van der Waals surface area contributed by atoms with E-state index >= 15 is 0 Å². The van der Waals surface area contributed by atoms with Gasteiger partial charge in [-0.1, -0.05) is 118 Å². The quantitative estimate of drug-likeness (QED) is 0.146. The fourth-order valence-corrected chi connectivity index (χ4v) is 11.6. The summed E-state index contributed by atoms with van der Waals surface area (Å²) in [6.07, 6.45) is 2.28. The molecule has 8 aromatic rings. The van der Waals surface area contributed by atoms with Crippen molar-refractivity contribution in [1.29, 1.82) is 0 Å². The lowest BCUT2D eigenvalue weighted by atomic mass is 9.36. The zero-order chi connectivity index (χ0) is 36.7. The van der Waals surface area contributed by atoms with Crippen LogP contribution in [0.25, 0.3) is 48.2 Å². The molecule has 5 heterocycles. The average Bonchev–Trinajstić information content (AvgIpc) is 3.76. The first kappa shape index (κ1) is 32.0. The summed E-state index contributed by atoms with van der Waals surface area (Å²) < 4.78 is 20.2. The van der Waals surface area contributed by atoms with E-state index in [9.17, 15) is 0 Å². The van der Waals surface area contributed by atoms with Crippen molar-refractivity contribution in [3.8, 4) is 23.0 Å². The van der Waals surface area contributed by atoms with Crippen molar-refractivity contribution in [2.75, 3.05) is 0 Å². The van der Waals surface area contributed by atoms with Gasteiger partial charge >= 0.3 is 0 Å². The standard InChI is InChI=1S/C48H46BNO2S/c1-45(2,3)25-19-20-33-28(23-25)40-44(53-33)49-30-24-29(46(4,5)6)36-37(48(9,10)22-21-47(36,7)8)41(30)52-43-35-27-16-12-14-18-32(27)50-31-17-13-11-15-26(31)34(39(35)50)42(51-40)38(43)49/h11-20,23-24H,21-22H2,1-10H3. The SMILES string of the molecule is CC(C)(C)c1ccc2sc3c(c2c1)Oc1c2c(c4c5ccccc5n5c6ccccc6c1c45)Oc1c(cc(C(C)(C)C)c4c1C(C)(C)CCC4(C)C)B32. The molecule has 0 bridgehead atoms. The molecule has 0 saturated heterocycles. The number of benzene rings is 5. The lowest BCUT2D eigenvalue weighted by Gasteiger charge is -2.47. The molecule has 0 spiro atoms.